The Morgan fingerprint density at radius 2 is 2.11 bits per heavy atom. The second-order valence-electron chi connectivity index (χ2n) is 5.54. The van der Waals surface area contributed by atoms with Gasteiger partial charge in [-0.2, -0.15) is 0 Å². The summed E-state index contributed by atoms with van der Waals surface area (Å²) in [7, 11) is 0. The molecule has 0 amide bonds. The summed E-state index contributed by atoms with van der Waals surface area (Å²) in [5, 5.41) is 4.29. The Kier molecular flexibility index (Phi) is 4.06. The number of nitrogens with one attached hydrogen (secondary N) is 1. The number of nitrogens with two attached hydrogens (primary N) is 1. The van der Waals surface area contributed by atoms with Crippen LogP contribution in [0.1, 0.15) is 38.7 Å². The Morgan fingerprint density at radius 3 is 2.72 bits per heavy atom. The minimum atomic E-state index is 0.563. The molecule has 3 heteroatoms. The molecular formula is C15H23ClN2. The zero-order valence-corrected chi connectivity index (χ0v) is 12.2. The van der Waals surface area contributed by atoms with Gasteiger partial charge in [0.2, 0.25) is 0 Å². The van der Waals surface area contributed by atoms with Crippen molar-refractivity contribution in [2.24, 2.45) is 11.8 Å². The van der Waals surface area contributed by atoms with E-state index in [1.807, 2.05) is 12.1 Å². The van der Waals surface area contributed by atoms with Crippen molar-refractivity contribution in [3.63, 3.8) is 0 Å². The van der Waals surface area contributed by atoms with Crippen molar-refractivity contribution >= 4 is 23.0 Å². The number of aryl methyl sites for hydroxylation is 1. The van der Waals surface area contributed by atoms with Crippen molar-refractivity contribution in [1.29, 1.82) is 0 Å². The molecule has 3 N–H and O–H groups in total. The van der Waals surface area contributed by atoms with Gasteiger partial charge in [0, 0.05) is 11.7 Å². The lowest BCUT2D eigenvalue weighted by Gasteiger charge is -2.23. The molecule has 100 valence electrons. The fourth-order valence-electron chi connectivity index (χ4n) is 3.09. The van der Waals surface area contributed by atoms with E-state index in [1.54, 1.807) is 0 Å². The van der Waals surface area contributed by atoms with Crippen LogP contribution in [0.3, 0.4) is 0 Å². The first-order chi connectivity index (χ1) is 8.52. The van der Waals surface area contributed by atoms with Crippen LogP contribution in [-0.2, 0) is 0 Å². The lowest BCUT2D eigenvalue weighted by Crippen LogP contribution is -2.25. The number of rotatable bonds is 3. The molecule has 2 rings (SSSR count). The number of anilines is 2. The maximum atomic E-state index is 6.10. The van der Waals surface area contributed by atoms with E-state index >= 15 is 0 Å². The lowest BCUT2D eigenvalue weighted by molar-refractivity contribution is 0.392. The third-order valence-corrected chi connectivity index (χ3v) is 4.76. The third kappa shape index (κ3) is 2.59. The van der Waals surface area contributed by atoms with Crippen LogP contribution in [-0.4, -0.2) is 6.04 Å². The number of hydrogen-bond donors (Lipinski definition) is 2. The van der Waals surface area contributed by atoms with Crippen LogP contribution in [0, 0.1) is 18.8 Å². The Bertz CT molecular complexity index is 431. The molecule has 0 aliphatic heterocycles. The van der Waals surface area contributed by atoms with Crippen LogP contribution in [0.5, 0.6) is 0 Å². The Balaban J connectivity index is 2.13. The maximum absolute atomic E-state index is 6.10. The van der Waals surface area contributed by atoms with Crippen molar-refractivity contribution in [2.75, 3.05) is 11.1 Å². The molecule has 1 aromatic rings. The highest BCUT2D eigenvalue weighted by molar-refractivity contribution is 6.33. The summed E-state index contributed by atoms with van der Waals surface area (Å²) in [5.74, 6) is 1.58. The zero-order chi connectivity index (χ0) is 13.3. The van der Waals surface area contributed by atoms with Gasteiger partial charge in [-0.25, -0.2) is 0 Å². The van der Waals surface area contributed by atoms with Crippen LogP contribution in [0.25, 0.3) is 0 Å². The molecule has 3 unspecified atom stereocenters. The predicted molar refractivity (Wildman–Crippen MR) is 80.2 cm³/mol. The summed E-state index contributed by atoms with van der Waals surface area (Å²) in [6, 6.07) is 4.47. The average molecular weight is 267 g/mol. The standard InChI is InChI=1S/C15H23ClN2/c1-4-11-5-6-14(10(11)3)18-15-8-12(16)13(17)7-9(15)2/h7-8,10-11,14,18H,4-6,17H2,1-3H3. The van der Waals surface area contributed by atoms with Crippen LogP contribution in [0.4, 0.5) is 11.4 Å². The summed E-state index contributed by atoms with van der Waals surface area (Å²) in [6.07, 6.45) is 3.86. The molecule has 0 radical (unpaired) electrons. The highest BCUT2D eigenvalue weighted by atomic mass is 35.5. The molecule has 3 atom stereocenters. The van der Waals surface area contributed by atoms with Crippen molar-refractivity contribution in [3.05, 3.63) is 22.7 Å². The second kappa shape index (κ2) is 5.40. The van der Waals surface area contributed by atoms with Gasteiger partial charge in [0.1, 0.15) is 0 Å². The molecule has 0 spiro atoms. The van der Waals surface area contributed by atoms with Gasteiger partial charge in [0.05, 0.1) is 10.7 Å². The predicted octanol–water partition coefficient (Wildman–Crippen LogP) is 4.47. The van der Waals surface area contributed by atoms with Crippen molar-refractivity contribution < 1.29 is 0 Å². The minimum Gasteiger partial charge on any atom is -0.398 e. The van der Waals surface area contributed by atoms with Gasteiger partial charge in [0.25, 0.3) is 0 Å². The molecule has 1 saturated carbocycles. The zero-order valence-electron chi connectivity index (χ0n) is 11.5. The summed E-state index contributed by atoms with van der Waals surface area (Å²) in [4.78, 5) is 0. The third-order valence-electron chi connectivity index (χ3n) is 4.44. The smallest absolute Gasteiger partial charge is 0.0656 e. The molecule has 1 aliphatic rings. The summed E-state index contributed by atoms with van der Waals surface area (Å²) < 4.78 is 0. The largest absolute Gasteiger partial charge is 0.398 e. The van der Waals surface area contributed by atoms with E-state index in [2.05, 4.69) is 26.1 Å². The van der Waals surface area contributed by atoms with Crippen molar-refractivity contribution in [1.82, 2.24) is 0 Å². The van der Waals surface area contributed by atoms with E-state index in [9.17, 15) is 0 Å². The Hall–Kier alpha value is -0.890. The van der Waals surface area contributed by atoms with Gasteiger partial charge in [0.15, 0.2) is 0 Å². The summed E-state index contributed by atoms with van der Waals surface area (Å²) in [6.45, 7) is 6.72. The van der Waals surface area contributed by atoms with E-state index in [4.69, 9.17) is 17.3 Å². The molecule has 1 aliphatic carbocycles. The van der Waals surface area contributed by atoms with Gasteiger partial charge in [-0.1, -0.05) is 31.9 Å². The van der Waals surface area contributed by atoms with E-state index < -0.39 is 0 Å². The van der Waals surface area contributed by atoms with Crippen LogP contribution in [0.15, 0.2) is 12.1 Å². The highest BCUT2D eigenvalue weighted by Crippen LogP contribution is 2.37. The molecule has 0 saturated heterocycles. The molecule has 1 aromatic carbocycles. The number of hydrogen-bond acceptors (Lipinski definition) is 2. The topological polar surface area (TPSA) is 38.0 Å². The number of benzene rings is 1. The summed E-state index contributed by atoms with van der Waals surface area (Å²) in [5.41, 5.74) is 8.76. The van der Waals surface area contributed by atoms with Crippen molar-refractivity contribution in [3.8, 4) is 0 Å². The maximum Gasteiger partial charge on any atom is 0.0656 e. The van der Waals surface area contributed by atoms with Gasteiger partial charge in [-0.05, 0) is 49.3 Å². The number of nitrogen functional groups attached to an aromatic ring is 1. The van der Waals surface area contributed by atoms with Gasteiger partial charge in [-0.3, -0.25) is 0 Å². The molecule has 0 aromatic heterocycles. The monoisotopic (exact) mass is 266 g/mol. The molecule has 1 fully saturated rings. The van der Waals surface area contributed by atoms with E-state index in [-0.39, 0.29) is 0 Å². The quantitative estimate of drug-likeness (QED) is 0.793. The molecule has 2 nitrogen and oxygen atoms in total. The first kappa shape index (κ1) is 13.5. The molecule has 18 heavy (non-hydrogen) atoms. The fraction of sp³-hybridized carbons (Fsp3) is 0.600. The second-order valence-corrected chi connectivity index (χ2v) is 5.95. The van der Waals surface area contributed by atoms with Crippen molar-refractivity contribution in [2.45, 2.75) is 46.1 Å². The lowest BCUT2D eigenvalue weighted by atomic mass is 9.93. The first-order valence-corrected chi connectivity index (χ1v) is 7.22. The molecule has 0 heterocycles. The Morgan fingerprint density at radius 1 is 1.39 bits per heavy atom. The fourth-order valence-corrected chi connectivity index (χ4v) is 3.25. The summed E-state index contributed by atoms with van der Waals surface area (Å²) >= 11 is 6.10. The number of halogens is 1. The average Bonchev–Trinajstić information content (AvgIpc) is 2.67. The minimum absolute atomic E-state index is 0.563. The molecular weight excluding hydrogens is 244 g/mol. The first-order valence-electron chi connectivity index (χ1n) is 6.85. The van der Waals surface area contributed by atoms with Crippen LogP contribution in [0.2, 0.25) is 5.02 Å². The van der Waals surface area contributed by atoms with Gasteiger partial charge >= 0.3 is 0 Å². The normalized spacial score (nSPS) is 27.4. The van der Waals surface area contributed by atoms with E-state index in [0.717, 1.165) is 17.5 Å². The molecule has 0 bridgehead atoms. The van der Waals surface area contributed by atoms with E-state index in [1.165, 1.54) is 24.8 Å². The van der Waals surface area contributed by atoms with Gasteiger partial charge in [-0.15, -0.1) is 0 Å². The van der Waals surface area contributed by atoms with Crippen LogP contribution >= 0.6 is 11.6 Å². The highest BCUT2D eigenvalue weighted by Gasteiger charge is 2.31. The van der Waals surface area contributed by atoms with E-state index in [0.29, 0.717) is 16.8 Å². The van der Waals surface area contributed by atoms with Crippen LogP contribution < -0.4 is 11.1 Å². The Labute approximate surface area is 115 Å². The van der Waals surface area contributed by atoms with Gasteiger partial charge < -0.3 is 11.1 Å². The SMILES string of the molecule is CCC1CCC(Nc2cc(Cl)c(N)cc2C)C1C.